The van der Waals surface area contributed by atoms with Gasteiger partial charge in [0, 0.05) is 37.8 Å². The van der Waals surface area contributed by atoms with Crippen LogP contribution in [-0.2, 0) is 13.6 Å². The van der Waals surface area contributed by atoms with Gasteiger partial charge in [0.15, 0.2) is 0 Å². The van der Waals surface area contributed by atoms with Gasteiger partial charge >= 0.3 is 0 Å². The van der Waals surface area contributed by atoms with Crippen LogP contribution in [0.5, 0.6) is 0 Å². The first-order chi connectivity index (χ1) is 11.5. The second-order valence-electron chi connectivity index (χ2n) is 6.42. The first kappa shape index (κ1) is 16.2. The van der Waals surface area contributed by atoms with Gasteiger partial charge in [-0.2, -0.15) is 5.10 Å². The van der Waals surface area contributed by atoms with E-state index in [1.165, 1.54) is 0 Å². The quantitative estimate of drug-likeness (QED) is 0.740. The zero-order valence-electron chi connectivity index (χ0n) is 14.5. The molecule has 0 aliphatic rings. The summed E-state index contributed by atoms with van der Waals surface area (Å²) in [6, 6.07) is 11.5. The number of aryl methyl sites for hydroxylation is 1. The molecule has 0 saturated carbocycles. The lowest BCUT2D eigenvalue weighted by molar-refractivity contribution is 0.0779. The van der Waals surface area contributed by atoms with Crippen LogP contribution in [-0.4, -0.2) is 32.6 Å². The van der Waals surface area contributed by atoms with Crippen molar-refractivity contribution in [1.29, 1.82) is 0 Å². The maximum atomic E-state index is 12.7. The molecule has 5 heteroatoms. The number of rotatable bonds is 4. The molecule has 1 aromatic carbocycles. The number of aromatic nitrogens is 3. The molecule has 2 heterocycles. The maximum absolute atomic E-state index is 12.7. The number of pyridine rings is 1. The molecule has 0 aliphatic heterocycles. The minimum atomic E-state index is -0.0840. The molecule has 0 N–H and O–H groups in total. The number of carbonyl (C=O) groups is 1. The highest BCUT2D eigenvalue weighted by Gasteiger charge is 2.18. The summed E-state index contributed by atoms with van der Waals surface area (Å²) in [6.45, 7) is 4.74. The third kappa shape index (κ3) is 3.15. The van der Waals surface area contributed by atoms with Gasteiger partial charge in [0.1, 0.15) is 5.69 Å². The van der Waals surface area contributed by atoms with Crippen LogP contribution in [0.2, 0.25) is 0 Å². The Kier molecular flexibility index (Phi) is 4.34. The topological polar surface area (TPSA) is 51.0 Å². The lowest BCUT2D eigenvalue weighted by atomic mass is 10.1. The van der Waals surface area contributed by atoms with Crippen molar-refractivity contribution in [2.45, 2.75) is 26.3 Å². The van der Waals surface area contributed by atoms with Crippen molar-refractivity contribution in [3.05, 3.63) is 59.5 Å². The van der Waals surface area contributed by atoms with E-state index in [0.717, 1.165) is 22.2 Å². The molecule has 0 atom stereocenters. The SMILES string of the molecule is CC(C)c1nn(C)cc1CN(C)C(=O)c1ccc2ccccc2n1. The number of benzene rings is 1. The number of hydrogen-bond donors (Lipinski definition) is 0. The Hall–Kier alpha value is -2.69. The summed E-state index contributed by atoms with van der Waals surface area (Å²) in [5.74, 6) is 0.239. The average Bonchev–Trinajstić information content (AvgIpc) is 2.94. The van der Waals surface area contributed by atoms with Crippen LogP contribution in [0.1, 0.15) is 41.5 Å². The fraction of sp³-hybridized carbons (Fsp3) is 0.316. The van der Waals surface area contributed by atoms with Crippen LogP contribution in [0.25, 0.3) is 10.9 Å². The van der Waals surface area contributed by atoms with Gasteiger partial charge in [0.25, 0.3) is 5.91 Å². The molecule has 0 bridgehead atoms. The van der Waals surface area contributed by atoms with E-state index in [9.17, 15) is 4.79 Å². The Bertz CT molecular complexity index is 882. The monoisotopic (exact) mass is 322 g/mol. The molecule has 124 valence electrons. The molecule has 3 rings (SSSR count). The van der Waals surface area contributed by atoms with Gasteiger partial charge in [-0.05, 0) is 18.1 Å². The van der Waals surface area contributed by atoms with Gasteiger partial charge in [0.05, 0.1) is 11.2 Å². The lowest BCUT2D eigenvalue weighted by Crippen LogP contribution is -2.27. The molecule has 2 aromatic heterocycles. The molecule has 1 amide bonds. The molecule has 0 spiro atoms. The molecule has 0 fully saturated rings. The van der Waals surface area contributed by atoms with Gasteiger partial charge < -0.3 is 4.90 Å². The summed E-state index contributed by atoms with van der Waals surface area (Å²) in [7, 11) is 3.71. The summed E-state index contributed by atoms with van der Waals surface area (Å²) in [5.41, 5.74) is 3.40. The van der Waals surface area contributed by atoms with Crippen molar-refractivity contribution in [2.75, 3.05) is 7.05 Å². The highest BCUT2D eigenvalue weighted by atomic mass is 16.2. The number of fused-ring (bicyclic) bond motifs is 1. The van der Waals surface area contributed by atoms with Crippen LogP contribution in [0, 0.1) is 0 Å². The van der Waals surface area contributed by atoms with E-state index < -0.39 is 0 Å². The van der Waals surface area contributed by atoms with Gasteiger partial charge in [0.2, 0.25) is 0 Å². The number of nitrogens with zero attached hydrogens (tertiary/aromatic N) is 4. The van der Waals surface area contributed by atoms with Gasteiger partial charge in [-0.1, -0.05) is 38.1 Å². The second-order valence-corrected chi connectivity index (χ2v) is 6.42. The highest BCUT2D eigenvalue weighted by molar-refractivity contribution is 5.94. The first-order valence-electron chi connectivity index (χ1n) is 8.09. The van der Waals surface area contributed by atoms with Crippen molar-refractivity contribution < 1.29 is 4.79 Å². The molecule has 3 aromatic rings. The van der Waals surface area contributed by atoms with E-state index in [-0.39, 0.29) is 5.91 Å². The standard InChI is InChI=1S/C19H22N4O/c1-13(2)18-15(12-23(4)21-18)11-22(3)19(24)17-10-9-14-7-5-6-8-16(14)20-17/h5-10,12-13H,11H2,1-4H3. The van der Waals surface area contributed by atoms with Crippen molar-refractivity contribution in [3.8, 4) is 0 Å². The molecule has 0 radical (unpaired) electrons. The molecule has 0 saturated heterocycles. The molecule has 0 unspecified atom stereocenters. The van der Waals surface area contributed by atoms with Gasteiger partial charge in [-0.15, -0.1) is 0 Å². The number of amides is 1. The highest BCUT2D eigenvalue weighted by Crippen LogP contribution is 2.19. The molecule has 5 nitrogen and oxygen atoms in total. The minimum Gasteiger partial charge on any atom is -0.336 e. The Balaban J connectivity index is 1.83. The summed E-state index contributed by atoms with van der Waals surface area (Å²) in [5, 5.41) is 5.53. The third-order valence-electron chi connectivity index (χ3n) is 4.06. The van der Waals surface area contributed by atoms with E-state index in [0.29, 0.717) is 18.2 Å². The van der Waals surface area contributed by atoms with Gasteiger partial charge in [-0.25, -0.2) is 4.98 Å². The Morgan fingerprint density at radius 2 is 1.96 bits per heavy atom. The van der Waals surface area contributed by atoms with Crippen molar-refractivity contribution >= 4 is 16.8 Å². The smallest absolute Gasteiger partial charge is 0.272 e. The average molecular weight is 322 g/mol. The molecule has 0 aliphatic carbocycles. The fourth-order valence-electron chi connectivity index (χ4n) is 2.87. The minimum absolute atomic E-state index is 0.0840. The van der Waals surface area contributed by atoms with Crippen molar-refractivity contribution in [1.82, 2.24) is 19.7 Å². The van der Waals surface area contributed by atoms with Crippen LogP contribution in [0.3, 0.4) is 0 Å². The van der Waals surface area contributed by atoms with Crippen LogP contribution >= 0.6 is 0 Å². The first-order valence-corrected chi connectivity index (χ1v) is 8.09. The fourth-order valence-corrected chi connectivity index (χ4v) is 2.87. The summed E-state index contributed by atoms with van der Waals surface area (Å²) < 4.78 is 1.80. The zero-order valence-corrected chi connectivity index (χ0v) is 14.5. The molecular weight excluding hydrogens is 300 g/mol. The maximum Gasteiger partial charge on any atom is 0.272 e. The van der Waals surface area contributed by atoms with Crippen molar-refractivity contribution in [3.63, 3.8) is 0 Å². The molecular formula is C19H22N4O. The van der Waals surface area contributed by atoms with E-state index in [4.69, 9.17) is 0 Å². The van der Waals surface area contributed by atoms with Crippen molar-refractivity contribution in [2.24, 2.45) is 7.05 Å². The van der Waals surface area contributed by atoms with Gasteiger partial charge in [-0.3, -0.25) is 9.48 Å². The van der Waals surface area contributed by atoms with E-state index in [1.807, 2.05) is 43.6 Å². The van der Waals surface area contributed by atoms with E-state index in [2.05, 4.69) is 23.9 Å². The van der Waals surface area contributed by atoms with E-state index >= 15 is 0 Å². The predicted octanol–water partition coefficient (Wildman–Crippen LogP) is 3.36. The Morgan fingerprint density at radius 3 is 2.71 bits per heavy atom. The third-order valence-corrected chi connectivity index (χ3v) is 4.06. The van der Waals surface area contributed by atoms with Crippen LogP contribution in [0.4, 0.5) is 0 Å². The Morgan fingerprint density at radius 1 is 1.21 bits per heavy atom. The summed E-state index contributed by atoms with van der Waals surface area (Å²) >= 11 is 0. The van der Waals surface area contributed by atoms with E-state index in [1.54, 1.807) is 22.7 Å². The largest absolute Gasteiger partial charge is 0.336 e. The van der Waals surface area contributed by atoms with Crippen LogP contribution < -0.4 is 0 Å². The summed E-state index contributed by atoms with van der Waals surface area (Å²) in [6.07, 6.45) is 1.98. The zero-order chi connectivity index (χ0) is 17.3. The lowest BCUT2D eigenvalue weighted by Gasteiger charge is -2.17. The van der Waals surface area contributed by atoms with Crippen LogP contribution in [0.15, 0.2) is 42.6 Å². The second kappa shape index (κ2) is 6.43. The molecule has 24 heavy (non-hydrogen) atoms. The number of hydrogen-bond acceptors (Lipinski definition) is 3. The number of para-hydroxylation sites is 1. The predicted molar refractivity (Wildman–Crippen MR) is 94.8 cm³/mol. The Labute approximate surface area is 141 Å². The normalized spacial score (nSPS) is 11.2. The number of carbonyl (C=O) groups excluding carboxylic acids is 1. The summed E-state index contributed by atoms with van der Waals surface area (Å²) in [4.78, 5) is 18.9.